The highest BCUT2D eigenvalue weighted by Gasteiger charge is 2.31. The molecule has 0 aliphatic carbocycles. The molecule has 0 radical (unpaired) electrons. The fourth-order valence-corrected chi connectivity index (χ4v) is 5.79. The van der Waals surface area contributed by atoms with Gasteiger partial charge in [-0.25, -0.2) is 4.98 Å². The van der Waals surface area contributed by atoms with Crippen LogP contribution in [0.25, 0.3) is 10.2 Å². The summed E-state index contributed by atoms with van der Waals surface area (Å²) < 4.78 is 7.83. The predicted octanol–water partition coefficient (Wildman–Crippen LogP) is 5.17. The van der Waals surface area contributed by atoms with Crippen molar-refractivity contribution in [2.24, 2.45) is 5.73 Å². The second-order valence-corrected chi connectivity index (χ2v) is 8.89. The van der Waals surface area contributed by atoms with Gasteiger partial charge in [0.15, 0.2) is 0 Å². The Labute approximate surface area is 161 Å². The van der Waals surface area contributed by atoms with Gasteiger partial charge in [-0.2, -0.15) is 0 Å². The minimum atomic E-state index is -0.0810. The highest BCUT2D eigenvalue weighted by atomic mass is 79.9. The number of nitrogens with two attached hydrogens (primary N) is 1. The molecule has 0 amide bonds. The third-order valence-corrected chi connectivity index (χ3v) is 7.42. The van der Waals surface area contributed by atoms with Crippen LogP contribution in [0.2, 0.25) is 5.15 Å². The van der Waals surface area contributed by atoms with Crippen LogP contribution in [-0.4, -0.2) is 17.6 Å². The molecule has 3 N–H and O–H groups in total. The summed E-state index contributed by atoms with van der Waals surface area (Å²) in [6.45, 7) is 1.46. The maximum absolute atomic E-state index is 6.23. The van der Waals surface area contributed by atoms with E-state index in [2.05, 4.69) is 43.7 Å². The molecule has 3 aromatic rings. The smallest absolute Gasteiger partial charge is 0.131 e. The molecule has 126 valence electrons. The second kappa shape index (κ2) is 6.90. The number of anilines is 1. The molecule has 4 nitrogen and oxygen atoms in total. The number of thiophene rings is 2. The van der Waals surface area contributed by atoms with E-state index in [4.69, 9.17) is 22.1 Å². The Morgan fingerprint density at radius 1 is 1.50 bits per heavy atom. The van der Waals surface area contributed by atoms with E-state index in [-0.39, 0.29) is 12.1 Å². The summed E-state index contributed by atoms with van der Waals surface area (Å²) in [5, 5.41) is 6.02. The van der Waals surface area contributed by atoms with E-state index in [0.29, 0.717) is 11.8 Å². The summed E-state index contributed by atoms with van der Waals surface area (Å²) in [6, 6.07) is 6.06. The summed E-state index contributed by atoms with van der Waals surface area (Å²) in [5.41, 5.74) is 8.04. The fraction of sp³-hybridized carbons (Fsp3) is 0.312. The molecule has 1 saturated heterocycles. The average molecular weight is 445 g/mol. The van der Waals surface area contributed by atoms with Crippen LogP contribution in [0.3, 0.4) is 0 Å². The zero-order valence-electron chi connectivity index (χ0n) is 12.6. The maximum atomic E-state index is 6.23. The molecule has 4 heterocycles. The first-order valence-corrected chi connectivity index (χ1v) is 10.4. The van der Waals surface area contributed by atoms with Gasteiger partial charge in [-0.1, -0.05) is 17.7 Å². The van der Waals surface area contributed by atoms with E-state index in [1.807, 2.05) is 6.07 Å². The van der Waals surface area contributed by atoms with E-state index in [0.717, 1.165) is 38.2 Å². The van der Waals surface area contributed by atoms with Crippen LogP contribution in [-0.2, 0) is 11.3 Å². The summed E-state index contributed by atoms with van der Waals surface area (Å²) in [6.07, 6.45) is 0.797. The normalized spacial score (nSPS) is 20.8. The summed E-state index contributed by atoms with van der Waals surface area (Å²) in [5.74, 6) is 0. The molecule has 8 heteroatoms. The van der Waals surface area contributed by atoms with Crippen molar-refractivity contribution in [3.63, 3.8) is 0 Å². The average Bonchev–Trinajstić information content (AvgIpc) is 3.27. The van der Waals surface area contributed by atoms with Gasteiger partial charge in [-0.3, -0.25) is 0 Å². The van der Waals surface area contributed by atoms with Gasteiger partial charge in [0, 0.05) is 30.1 Å². The minimum absolute atomic E-state index is 0.0207. The molecule has 3 aromatic heterocycles. The van der Waals surface area contributed by atoms with Crippen molar-refractivity contribution < 1.29 is 4.74 Å². The van der Waals surface area contributed by atoms with Crippen LogP contribution in [0.1, 0.15) is 22.3 Å². The highest BCUT2D eigenvalue weighted by molar-refractivity contribution is 9.10. The van der Waals surface area contributed by atoms with Crippen LogP contribution < -0.4 is 11.1 Å². The van der Waals surface area contributed by atoms with Crippen molar-refractivity contribution in [1.29, 1.82) is 0 Å². The fourth-order valence-electron chi connectivity index (χ4n) is 2.81. The molecule has 4 rings (SSSR count). The Bertz CT molecular complexity index is 868. The third-order valence-electron chi connectivity index (χ3n) is 4.01. The lowest BCUT2D eigenvalue weighted by Gasteiger charge is -2.12. The van der Waals surface area contributed by atoms with Crippen molar-refractivity contribution in [3.05, 3.63) is 43.0 Å². The summed E-state index contributed by atoms with van der Waals surface area (Å²) >= 11 is 13.3. The Morgan fingerprint density at radius 2 is 2.38 bits per heavy atom. The number of rotatable bonds is 4. The zero-order valence-corrected chi connectivity index (χ0v) is 16.6. The summed E-state index contributed by atoms with van der Waals surface area (Å²) in [4.78, 5) is 6.85. The number of nitrogens with one attached hydrogen (secondary N) is 1. The SMILES string of the molecule is N[C@@H]1CCO[C@H]1c1sc2c(NCc3cccs3)cc(Cl)nc2c1Br. The standard InChI is InChI=1S/C16H15BrClN3OS2/c17-12-13-15(24-16(12)14-9(19)3-4-22-14)10(6-11(18)21-13)20-7-8-2-1-5-23-8/h1-2,5-6,9,14H,3-4,7,19H2,(H,20,21)/t9-,14-/m1/s1. The van der Waals surface area contributed by atoms with Crippen molar-refractivity contribution in [3.8, 4) is 0 Å². The molecule has 0 spiro atoms. The van der Waals surface area contributed by atoms with Crippen LogP contribution in [0.4, 0.5) is 5.69 Å². The van der Waals surface area contributed by atoms with Gasteiger partial charge in [0.1, 0.15) is 11.3 Å². The van der Waals surface area contributed by atoms with Gasteiger partial charge >= 0.3 is 0 Å². The number of ether oxygens (including phenoxy) is 1. The van der Waals surface area contributed by atoms with E-state index in [9.17, 15) is 0 Å². The Hall–Kier alpha value is -0.700. The predicted molar refractivity (Wildman–Crippen MR) is 105 cm³/mol. The number of fused-ring (bicyclic) bond motifs is 1. The zero-order chi connectivity index (χ0) is 16.7. The number of nitrogens with zero attached hydrogens (tertiary/aromatic N) is 1. The van der Waals surface area contributed by atoms with Gasteiger partial charge in [-0.15, -0.1) is 22.7 Å². The molecule has 1 aliphatic rings. The van der Waals surface area contributed by atoms with Crippen LogP contribution >= 0.6 is 50.2 Å². The van der Waals surface area contributed by atoms with Crippen molar-refractivity contribution in [2.45, 2.75) is 25.1 Å². The first-order chi connectivity index (χ1) is 11.6. The Morgan fingerprint density at radius 3 is 3.08 bits per heavy atom. The van der Waals surface area contributed by atoms with Gasteiger partial charge in [0.25, 0.3) is 0 Å². The summed E-state index contributed by atoms with van der Waals surface area (Å²) in [7, 11) is 0. The van der Waals surface area contributed by atoms with Crippen molar-refractivity contribution >= 4 is 66.1 Å². The van der Waals surface area contributed by atoms with Gasteiger partial charge in [0.2, 0.25) is 0 Å². The van der Waals surface area contributed by atoms with Gasteiger partial charge in [0.05, 0.1) is 25.3 Å². The Kier molecular flexibility index (Phi) is 4.81. The van der Waals surface area contributed by atoms with Crippen LogP contribution in [0.15, 0.2) is 28.1 Å². The first-order valence-electron chi connectivity index (χ1n) is 7.55. The molecule has 1 fully saturated rings. The number of pyridine rings is 1. The van der Waals surface area contributed by atoms with Crippen molar-refractivity contribution in [1.82, 2.24) is 4.98 Å². The lowest BCUT2D eigenvalue weighted by Crippen LogP contribution is -2.22. The Balaban J connectivity index is 1.73. The first kappa shape index (κ1) is 16.8. The topological polar surface area (TPSA) is 60.2 Å². The molecular weight excluding hydrogens is 430 g/mol. The van der Waals surface area contributed by atoms with E-state index >= 15 is 0 Å². The van der Waals surface area contributed by atoms with E-state index in [1.165, 1.54) is 4.88 Å². The quantitative estimate of drug-likeness (QED) is 0.545. The van der Waals surface area contributed by atoms with Gasteiger partial charge in [-0.05, 0) is 33.8 Å². The van der Waals surface area contributed by atoms with Crippen LogP contribution in [0.5, 0.6) is 0 Å². The van der Waals surface area contributed by atoms with E-state index in [1.54, 1.807) is 22.7 Å². The minimum Gasteiger partial charge on any atom is -0.379 e. The molecule has 0 bridgehead atoms. The molecule has 2 atom stereocenters. The van der Waals surface area contributed by atoms with Gasteiger partial charge < -0.3 is 15.8 Å². The third kappa shape index (κ3) is 3.09. The highest BCUT2D eigenvalue weighted by Crippen LogP contribution is 2.45. The van der Waals surface area contributed by atoms with E-state index < -0.39 is 0 Å². The molecule has 0 saturated carbocycles. The number of hydrogen-bond donors (Lipinski definition) is 2. The number of halogens is 2. The molecule has 0 unspecified atom stereocenters. The second-order valence-electron chi connectivity index (χ2n) is 5.63. The monoisotopic (exact) mass is 443 g/mol. The van der Waals surface area contributed by atoms with Crippen molar-refractivity contribution in [2.75, 3.05) is 11.9 Å². The molecule has 1 aliphatic heterocycles. The van der Waals surface area contributed by atoms with Crippen LogP contribution in [0, 0.1) is 0 Å². The lowest BCUT2D eigenvalue weighted by molar-refractivity contribution is 0.107. The largest absolute Gasteiger partial charge is 0.379 e. The molecule has 24 heavy (non-hydrogen) atoms. The lowest BCUT2D eigenvalue weighted by atomic mass is 10.1. The number of aromatic nitrogens is 1. The molecular formula is C16H15BrClN3OS2. The molecule has 0 aromatic carbocycles. The number of hydrogen-bond acceptors (Lipinski definition) is 6. The maximum Gasteiger partial charge on any atom is 0.131 e.